The number of rotatable bonds is 6. The first kappa shape index (κ1) is 23.9. The Morgan fingerprint density at radius 3 is 2.49 bits per heavy atom. The van der Waals surface area contributed by atoms with Gasteiger partial charge in [-0.2, -0.15) is 4.31 Å². The SMILES string of the molecule is CC1NC(N2CCN(S(C)(=O)=O)CC2)CCC1C1CCCC(COC2CCC3C4CC45CC35C2)C1. The molecule has 5 aliphatic carbocycles. The quantitative estimate of drug-likeness (QED) is 0.597. The van der Waals surface area contributed by atoms with Crippen molar-refractivity contribution < 1.29 is 13.2 Å². The molecule has 2 heterocycles. The molecule has 6 nitrogen and oxygen atoms in total. The topological polar surface area (TPSA) is 61.9 Å². The second kappa shape index (κ2) is 8.39. The van der Waals surface area contributed by atoms with Crippen molar-refractivity contribution in [2.45, 2.75) is 95.9 Å². The predicted molar refractivity (Wildman–Crippen MR) is 137 cm³/mol. The highest BCUT2D eigenvalue weighted by Gasteiger charge is 2.92. The van der Waals surface area contributed by atoms with Crippen molar-refractivity contribution in [3.8, 4) is 0 Å². The van der Waals surface area contributed by atoms with E-state index in [1.165, 1.54) is 64.0 Å². The van der Waals surface area contributed by atoms with Crippen molar-refractivity contribution in [2.75, 3.05) is 39.0 Å². The number of fused-ring (bicyclic) bond motifs is 1. The molecule has 2 saturated heterocycles. The molecule has 1 N–H and O–H groups in total. The Labute approximate surface area is 212 Å². The number of hydrogen-bond donors (Lipinski definition) is 1. The number of piperazine rings is 1. The van der Waals surface area contributed by atoms with Gasteiger partial charge in [-0.1, -0.05) is 12.8 Å². The average Bonchev–Trinajstić information content (AvgIpc) is 3.67. The maximum Gasteiger partial charge on any atom is 0.211 e. The highest BCUT2D eigenvalue weighted by Crippen LogP contribution is 2.99. The molecule has 10 unspecified atom stereocenters. The molecule has 5 saturated carbocycles. The average molecular weight is 506 g/mol. The number of nitrogens with one attached hydrogen (secondary N) is 1. The molecule has 198 valence electrons. The zero-order valence-corrected chi connectivity index (χ0v) is 22.8. The summed E-state index contributed by atoms with van der Waals surface area (Å²) in [6.45, 7) is 6.36. The van der Waals surface area contributed by atoms with Crippen LogP contribution in [0.25, 0.3) is 0 Å². The van der Waals surface area contributed by atoms with Gasteiger partial charge >= 0.3 is 0 Å². The van der Waals surface area contributed by atoms with Gasteiger partial charge in [-0.3, -0.25) is 10.2 Å². The molecule has 7 rings (SSSR count). The molecule has 0 aromatic carbocycles. The van der Waals surface area contributed by atoms with E-state index in [2.05, 4.69) is 17.1 Å². The summed E-state index contributed by atoms with van der Waals surface area (Å²) in [6, 6.07) is 0.539. The van der Waals surface area contributed by atoms with Crippen LogP contribution in [0.4, 0.5) is 0 Å². The molecule has 0 amide bonds. The second-order valence-corrected chi connectivity index (χ2v) is 15.8. The van der Waals surface area contributed by atoms with Crippen LogP contribution >= 0.6 is 0 Å². The first-order valence-corrected chi connectivity index (χ1v) is 16.7. The molecule has 2 aliphatic heterocycles. The Morgan fingerprint density at radius 1 is 0.943 bits per heavy atom. The number of hydrogen-bond acceptors (Lipinski definition) is 5. The molecule has 0 aromatic rings. The molecule has 10 atom stereocenters. The maximum absolute atomic E-state index is 11.8. The minimum atomic E-state index is -3.06. The summed E-state index contributed by atoms with van der Waals surface area (Å²) in [5, 5.41) is 3.94. The van der Waals surface area contributed by atoms with Gasteiger partial charge in [0, 0.05) is 38.8 Å². The van der Waals surface area contributed by atoms with E-state index in [9.17, 15) is 8.42 Å². The van der Waals surface area contributed by atoms with Crippen molar-refractivity contribution in [1.29, 1.82) is 0 Å². The molecule has 0 aromatic heterocycles. The summed E-state index contributed by atoms with van der Waals surface area (Å²) in [5.74, 6) is 4.61. The van der Waals surface area contributed by atoms with Crippen LogP contribution < -0.4 is 5.32 Å². The predicted octanol–water partition coefficient (Wildman–Crippen LogP) is 3.68. The third kappa shape index (κ3) is 3.88. The lowest BCUT2D eigenvalue weighted by atomic mass is 9.64. The van der Waals surface area contributed by atoms with Gasteiger partial charge in [0.25, 0.3) is 0 Å². The molecule has 7 fully saturated rings. The van der Waals surface area contributed by atoms with Gasteiger partial charge in [-0.05, 0) is 105 Å². The van der Waals surface area contributed by atoms with E-state index in [1.54, 1.807) is 17.1 Å². The van der Waals surface area contributed by atoms with Gasteiger partial charge in [-0.15, -0.1) is 0 Å². The van der Waals surface area contributed by atoms with E-state index in [0.717, 1.165) is 60.1 Å². The fraction of sp³-hybridized carbons (Fsp3) is 1.00. The summed E-state index contributed by atoms with van der Waals surface area (Å²) in [5.41, 5.74) is 1.63. The summed E-state index contributed by atoms with van der Waals surface area (Å²) >= 11 is 0. The minimum Gasteiger partial charge on any atom is -0.378 e. The van der Waals surface area contributed by atoms with Crippen molar-refractivity contribution in [3.05, 3.63) is 0 Å². The monoisotopic (exact) mass is 505 g/mol. The van der Waals surface area contributed by atoms with Crippen LogP contribution in [0.3, 0.4) is 0 Å². The van der Waals surface area contributed by atoms with Gasteiger partial charge in [0.1, 0.15) is 0 Å². The third-order valence-electron chi connectivity index (χ3n) is 12.3. The van der Waals surface area contributed by atoms with E-state index in [1.807, 2.05) is 0 Å². The van der Waals surface area contributed by atoms with E-state index in [-0.39, 0.29) is 0 Å². The number of sulfonamides is 1. The van der Waals surface area contributed by atoms with Gasteiger partial charge < -0.3 is 4.74 Å². The normalized spacial score (nSPS) is 52.1. The number of nitrogens with zero attached hydrogens (tertiary/aromatic N) is 2. The first-order valence-electron chi connectivity index (χ1n) is 14.9. The molecule has 7 aliphatic rings. The van der Waals surface area contributed by atoms with Gasteiger partial charge in [0.15, 0.2) is 0 Å². The first-order chi connectivity index (χ1) is 16.8. The minimum absolute atomic E-state index is 0.406. The molecule has 7 heteroatoms. The smallest absolute Gasteiger partial charge is 0.211 e. The summed E-state index contributed by atoms with van der Waals surface area (Å²) < 4.78 is 32.0. The molecular weight excluding hydrogens is 458 g/mol. The van der Waals surface area contributed by atoms with E-state index in [0.29, 0.717) is 31.4 Å². The van der Waals surface area contributed by atoms with Crippen LogP contribution in [-0.4, -0.2) is 75.0 Å². The van der Waals surface area contributed by atoms with Crippen molar-refractivity contribution in [2.24, 2.45) is 40.4 Å². The third-order valence-corrected chi connectivity index (χ3v) is 13.6. The lowest BCUT2D eigenvalue weighted by Gasteiger charge is -2.47. The Kier molecular flexibility index (Phi) is 5.73. The van der Waals surface area contributed by atoms with Gasteiger partial charge in [0.05, 0.1) is 18.5 Å². The van der Waals surface area contributed by atoms with E-state index < -0.39 is 10.0 Å². The lowest BCUT2D eigenvalue weighted by Crippen LogP contribution is -2.60. The van der Waals surface area contributed by atoms with E-state index >= 15 is 0 Å². The zero-order valence-electron chi connectivity index (χ0n) is 22.0. The van der Waals surface area contributed by atoms with Crippen LogP contribution in [0.1, 0.15) is 77.6 Å². The van der Waals surface area contributed by atoms with E-state index in [4.69, 9.17) is 4.74 Å². The Bertz CT molecular complexity index is 936. The standard InChI is InChI=1S/C28H47N3O3S/c1-19-23(7-9-26(29-19)30-10-12-31(13-11-30)35(2,32)33)21-5-3-4-20(14-21)17-34-22-6-8-24-25-16-28(25)18-27(24,28)15-22/h19-26,29H,3-18H2,1-2H3. The van der Waals surface area contributed by atoms with Crippen molar-refractivity contribution >= 4 is 10.0 Å². The number of ether oxygens (including phenoxy) is 1. The fourth-order valence-electron chi connectivity index (χ4n) is 10.4. The van der Waals surface area contributed by atoms with Crippen molar-refractivity contribution in [3.63, 3.8) is 0 Å². The van der Waals surface area contributed by atoms with Gasteiger partial charge in [-0.25, -0.2) is 8.42 Å². The molecule has 0 bridgehead atoms. The van der Waals surface area contributed by atoms with Crippen LogP contribution in [0.5, 0.6) is 0 Å². The Balaban J connectivity index is 0.873. The molecule has 2 spiro atoms. The zero-order chi connectivity index (χ0) is 24.0. The van der Waals surface area contributed by atoms with Gasteiger partial charge in [0.2, 0.25) is 10.0 Å². The lowest BCUT2D eigenvalue weighted by molar-refractivity contribution is -0.0605. The highest BCUT2D eigenvalue weighted by atomic mass is 32.2. The summed E-state index contributed by atoms with van der Waals surface area (Å²) in [4.78, 5) is 2.48. The van der Waals surface area contributed by atoms with Crippen LogP contribution in [-0.2, 0) is 14.8 Å². The maximum atomic E-state index is 11.8. The summed E-state index contributed by atoms with van der Waals surface area (Å²) in [7, 11) is -3.06. The Hall–Kier alpha value is -0.210. The summed E-state index contributed by atoms with van der Waals surface area (Å²) in [6.07, 6.45) is 17.6. The van der Waals surface area contributed by atoms with Crippen LogP contribution in [0, 0.1) is 40.4 Å². The second-order valence-electron chi connectivity index (χ2n) is 13.8. The molecular formula is C28H47N3O3S. The van der Waals surface area contributed by atoms with Crippen LogP contribution in [0.15, 0.2) is 0 Å². The largest absolute Gasteiger partial charge is 0.378 e. The highest BCUT2D eigenvalue weighted by molar-refractivity contribution is 7.88. The Morgan fingerprint density at radius 2 is 1.74 bits per heavy atom. The van der Waals surface area contributed by atoms with Crippen molar-refractivity contribution in [1.82, 2.24) is 14.5 Å². The molecule has 35 heavy (non-hydrogen) atoms. The number of piperidine rings is 1. The molecule has 0 radical (unpaired) electrons. The van der Waals surface area contributed by atoms with Crippen LogP contribution in [0.2, 0.25) is 0 Å². The fourth-order valence-corrected chi connectivity index (χ4v) is 11.2.